The maximum Gasteiger partial charge on any atom is 0.315 e. The topological polar surface area (TPSA) is 57.3 Å². The molecule has 0 unspecified atom stereocenters. The number of carbonyl (C=O) groups is 1. The molecule has 0 aliphatic carbocycles. The summed E-state index contributed by atoms with van der Waals surface area (Å²) < 4.78 is 13.3. The molecule has 1 aliphatic rings. The van der Waals surface area contributed by atoms with E-state index in [1.807, 2.05) is 37.5 Å². The second kappa shape index (κ2) is 8.76. The molecule has 2 aromatic rings. The number of nitrogens with zero attached hydrogens (tertiary/aromatic N) is 2. The first-order valence-corrected chi connectivity index (χ1v) is 9.04. The van der Waals surface area contributed by atoms with E-state index in [0.29, 0.717) is 0 Å². The Hall–Kier alpha value is -2.47. The Morgan fingerprint density at radius 2 is 2.00 bits per heavy atom. The summed E-state index contributed by atoms with van der Waals surface area (Å²) in [5.41, 5.74) is 2.01. The molecule has 0 spiro atoms. The van der Waals surface area contributed by atoms with E-state index in [9.17, 15) is 9.18 Å². The molecule has 2 amide bonds. The SMILES string of the molecule is C[C@H](NC(=O)NC1CCN(Cc2ccncc2)CC1)c1cccc(F)c1. The minimum atomic E-state index is -0.293. The Labute approximate surface area is 153 Å². The molecular formula is C20H25FN4O. The predicted molar refractivity (Wildman–Crippen MR) is 99.0 cm³/mol. The van der Waals surface area contributed by atoms with Gasteiger partial charge in [-0.3, -0.25) is 9.88 Å². The molecular weight excluding hydrogens is 331 g/mol. The summed E-state index contributed by atoms with van der Waals surface area (Å²) in [6.07, 6.45) is 5.47. The molecule has 1 atom stereocenters. The lowest BCUT2D eigenvalue weighted by Gasteiger charge is -2.32. The normalized spacial score (nSPS) is 16.8. The summed E-state index contributed by atoms with van der Waals surface area (Å²) in [4.78, 5) is 18.6. The molecule has 3 rings (SSSR count). The van der Waals surface area contributed by atoms with E-state index in [2.05, 4.69) is 20.5 Å². The smallest absolute Gasteiger partial charge is 0.315 e. The lowest BCUT2D eigenvalue weighted by Crippen LogP contribution is -2.48. The number of pyridine rings is 1. The van der Waals surface area contributed by atoms with E-state index in [1.54, 1.807) is 6.07 Å². The Kier molecular flexibility index (Phi) is 6.17. The second-order valence-electron chi connectivity index (χ2n) is 6.80. The molecule has 2 N–H and O–H groups in total. The van der Waals surface area contributed by atoms with Gasteiger partial charge in [0.15, 0.2) is 0 Å². The van der Waals surface area contributed by atoms with Gasteiger partial charge in [-0.1, -0.05) is 12.1 Å². The average molecular weight is 356 g/mol. The van der Waals surface area contributed by atoms with Gasteiger partial charge in [0, 0.05) is 38.1 Å². The lowest BCUT2D eigenvalue weighted by molar-refractivity contribution is 0.186. The van der Waals surface area contributed by atoms with Crippen molar-refractivity contribution in [1.82, 2.24) is 20.5 Å². The number of urea groups is 1. The van der Waals surface area contributed by atoms with Crippen LogP contribution in [0.15, 0.2) is 48.8 Å². The number of hydrogen-bond donors (Lipinski definition) is 2. The number of benzene rings is 1. The molecule has 2 heterocycles. The standard InChI is InChI=1S/C20H25FN4O/c1-15(17-3-2-4-18(21)13-17)23-20(26)24-19-7-11-25(12-8-19)14-16-5-9-22-10-6-16/h2-6,9-10,13,15,19H,7-8,11-12,14H2,1H3,(H2,23,24,26)/t15-/m0/s1. The Morgan fingerprint density at radius 3 is 2.69 bits per heavy atom. The first-order valence-electron chi connectivity index (χ1n) is 9.04. The van der Waals surface area contributed by atoms with Crippen molar-refractivity contribution in [3.63, 3.8) is 0 Å². The molecule has 6 heteroatoms. The highest BCUT2D eigenvalue weighted by molar-refractivity contribution is 5.74. The highest BCUT2D eigenvalue weighted by Crippen LogP contribution is 2.15. The van der Waals surface area contributed by atoms with Gasteiger partial charge in [-0.25, -0.2) is 9.18 Å². The fraction of sp³-hybridized carbons (Fsp3) is 0.400. The van der Waals surface area contributed by atoms with Crippen molar-refractivity contribution in [2.75, 3.05) is 13.1 Å². The van der Waals surface area contributed by atoms with Gasteiger partial charge >= 0.3 is 6.03 Å². The van der Waals surface area contributed by atoms with E-state index < -0.39 is 0 Å². The van der Waals surface area contributed by atoms with Crippen molar-refractivity contribution in [2.45, 2.75) is 38.4 Å². The van der Waals surface area contributed by atoms with E-state index >= 15 is 0 Å². The van der Waals surface area contributed by atoms with Crippen LogP contribution in [-0.4, -0.2) is 35.0 Å². The monoisotopic (exact) mass is 356 g/mol. The fourth-order valence-corrected chi connectivity index (χ4v) is 3.26. The number of piperidine rings is 1. The molecule has 26 heavy (non-hydrogen) atoms. The minimum absolute atomic E-state index is 0.170. The number of nitrogens with one attached hydrogen (secondary N) is 2. The van der Waals surface area contributed by atoms with Crippen LogP contribution in [-0.2, 0) is 6.54 Å². The van der Waals surface area contributed by atoms with Gasteiger partial charge in [-0.05, 0) is 55.2 Å². The van der Waals surface area contributed by atoms with E-state index in [4.69, 9.17) is 0 Å². The Bertz CT molecular complexity index is 717. The van der Waals surface area contributed by atoms with Gasteiger partial charge in [0.2, 0.25) is 0 Å². The molecule has 1 aromatic carbocycles. The Balaban J connectivity index is 1.42. The van der Waals surface area contributed by atoms with Gasteiger partial charge in [0.05, 0.1) is 6.04 Å². The first-order chi connectivity index (χ1) is 12.6. The molecule has 5 nitrogen and oxygen atoms in total. The quantitative estimate of drug-likeness (QED) is 0.865. The zero-order valence-corrected chi connectivity index (χ0v) is 15.0. The zero-order chi connectivity index (χ0) is 18.4. The molecule has 0 radical (unpaired) electrons. The molecule has 1 aliphatic heterocycles. The van der Waals surface area contributed by atoms with Gasteiger partial charge in [0.1, 0.15) is 5.82 Å². The summed E-state index contributed by atoms with van der Waals surface area (Å²) >= 11 is 0. The van der Waals surface area contributed by atoms with Gasteiger partial charge in [0.25, 0.3) is 0 Å². The highest BCUT2D eigenvalue weighted by atomic mass is 19.1. The average Bonchev–Trinajstić information content (AvgIpc) is 2.64. The van der Waals surface area contributed by atoms with Crippen LogP contribution in [0.25, 0.3) is 0 Å². The third kappa shape index (κ3) is 5.26. The summed E-state index contributed by atoms with van der Waals surface area (Å²) in [5.74, 6) is -0.293. The van der Waals surface area contributed by atoms with Crippen LogP contribution >= 0.6 is 0 Å². The van der Waals surface area contributed by atoms with Crippen molar-refractivity contribution in [3.8, 4) is 0 Å². The van der Waals surface area contributed by atoms with Crippen LogP contribution in [0.1, 0.15) is 36.9 Å². The number of halogens is 1. The molecule has 0 saturated carbocycles. The summed E-state index contributed by atoms with van der Waals surface area (Å²) in [7, 11) is 0. The highest BCUT2D eigenvalue weighted by Gasteiger charge is 2.21. The van der Waals surface area contributed by atoms with Crippen molar-refractivity contribution >= 4 is 6.03 Å². The number of aromatic nitrogens is 1. The van der Waals surface area contributed by atoms with Crippen molar-refractivity contribution in [3.05, 3.63) is 65.7 Å². The number of carbonyl (C=O) groups excluding carboxylic acids is 1. The fourth-order valence-electron chi connectivity index (χ4n) is 3.26. The third-order valence-electron chi connectivity index (χ3n) is 4.77. The number of rotatable bonds is 5. The summed E-state index contributed by atoms with van der Waals surface area (Å²) in [5, 5.41) is 5.92. The third-order valence-corrected chi connectivity index (χ3v) is 4.77. The van der Waals surface area contributed by atoms with Gasteiger partial charge in [-0.2, -0.15) is 0 Å². The van der Waals surface area contributed by atoms with E-state index in [1.165, 1.54) is 17.7 Å². The molecule has 1 saturated heterocycles. The largest absolute Gasteiger partial charge is 0.335 e. The lowest BCUT2D eigenvalue weighted by atomic mass is 10.0. The number of amides is 2. The van der Waals surface area contributed by atoms with Crippen LogP contribution in [0, 0.1) is 5.82 Å². The van der Waals surface area contributed by atoms with E-state index in [0.717, 1.165) is 38.0 Å². The van der Waals surface area contributed by atoms with Gasteiger partial charge < -0.3 is 10.6 Å². The summed E-state index contributed by atoms with van der Waals surface area (Å²) in [6.45, 7) is 4.67. The maximum absolute atomic E-state index is 13.3. The Morgan fingerprint density at radius 1 is 1.27 bits per heavy atom. The maximum atomic E-state index is 13.3. The van der Waals surface area contributed by atoms with Crippen molar-refractivity contribution < 1.29 is 9.18 Å². The number of likely N-dealkylation sites (tertiary alicyclic amines) is 1. The number of hydrogen-bond acceptors (Lipinski definition) is 3. The minimum Gasteiger partial charge on any atom is -0.335 e. The molecule has 138 valence electrons. The van der Waals surface area contributed by atoms with Crippen LogP contribution < -0.4 is 10.6 Å². The molecule has 0 bridgehead atoms. The van der Waals surface area contributed by atoms with Crippen molar-refractivity contribution in [2.24, 2.45) is 0 Å². The van der Waals surface area contributed by atoms with Crippen molar-refractivity contribution in [1.29, 1.82) is 0 Å². The molecule has 1 fully saturated rings. The first kappa shape index (κ1) is 18.3. The molecule has 1 aromatic heterocycles. The zero-order valence-electron chi connectivity index (χ0n) is 15.0. The van der Waals surface area contributed by atoms with Gasteiger partial charge in [-0.15, -0.1) is 0 Å². The van der Waals surface area contributed by atoms with Crippen LogP contribution in [0.4, 0.5) is 9.18 Å². The van der Waals surface area contributed by atoms with Crippen LogP contribution in [0.2, 0.25) is 0 Å². The predicted octanol–water partition coefficient (Wildman–Crippen LogP) is 3.25. The van der Waals surface area contributed by atoms with Crippen LogP contribution in [0.3, 0.4) is 0 Å². The van der Waals surface area contributed by atoms with Crippen LogP contribution in [0.5, 0.6) is 0 Å². The van der Waals surface area contributed by atoms with E-state index in [-0.39, 0.29) is 23.9 Å². The second-order valence-corrected chi connectivity index (χ2v) is 6.80. The summed E-state index contributed by atoms with van der Waals surface area (Å²) in [6, 6.07) is 10.1.